The molecule has 41 heavy (non-hydrogen) atoms. The molecule has 0 unspecified atom stereocenters. The van der Waals surface area contributed by atoms with E-state index in [9.17, 15) is 14.4 Å². The van der Waals surface area contributed by atoms with Crippen LogP contribution in [0.25, 0.3) is 6.08 Å². The van der Waals surface area contributed by atoms with Gasteiger partial charge < -0.3 is 20.7 Å². The van der Waals surface area contributed by atoms with E-state index in [0.717, 1.165) is 10.6 Å². The molecule has 7 nitrogen and oxygen atoms in total. The summed E-state index contributed by atoms with van der Waals surface area (Å²) in [6, 6.07) is 29.9. The molecule has 0 saturated heterocycles. The van der Waals surface area contributed by atoms with Gasteiger partial charge in [0.05, 0.1) is 12.4 Å². The maximum absolute atomic E-state index is 13.3. The van der Waals surface area contributed by atoms with E-state index in [2.05, 4.69) is 16.0 Å². The Kier molecular flexibility index (Phi) is 10.6. The van der Waals surface area contributed by atoms with Gasteiger partial charge in [0.15, 0.2) is 0 Å². The monoisotopic (exact) mass is 585 g/mol. The van der Waals surface area contributed by atoms with E-state index in [-0.39, 0.29) is 17.4 Å². The van der Waals surface area contributed by atoms with E-state index < -0.39 is 11.8 Å². The molecular formula is C32H28ClN3O4S. The zero-order chi connectivity index (χ0) is 29.0. The number of hydrogen-bond donors (Lipinski definition) is 3. The van der Waals surface area contributed by atoms with Gasteiger partial charge in [-0.15, -0.1) is 11.8 Å². The Morgan fingerprint density at radius 1 is 0.829 bits per heavy atom. The van der Waals surface area contributed by atoms with Crippen molar-refractivity contribution < 1.29 is 19.1 Å². The first kappa shape index (κ1) is 29.5. The van der Waals surface area contributed by atoms with Crippen LogP contribution in [0.1, 0.15) is 22.8 Å². The molecule has 0 heterocycles. The maximum Gasteiger partial charge on any atom is 0.272 e. The molecule has 0 aliphatic rings. The fourth-order valence-corrected chi connectivity index (χ4v) is 4.67. The van der Waals surface area contributed by atoms with E-state index in [0.29, 0.717) is 34.1 Å². The van der Waals surface area contributed by atoms with Crippen molar-refractivity contribution in [1.82, 2.24) is 5.32 Å². The SMILES string of the molecule is CCOc1ccc(NC(=O)CSc2cccc(NC(=O)/C(=C/c3cccc(Cl)c3)NC(=O)c3ccccc3)c2)cc1. The second-order valence-corrected chi connectivity index (χ2v) is 10.2. The molecule has 0 radical (unpaired) electrons. The Morgan fingerprint density at radius 3 is 2.32 bits per heavy atom. The Hall–Kier alpha value is -4.53. The highest BCUT2D eigenvalue weighted by Crippen LogP contribution is 2.23. The first-order chi connectivity index (χ1) is 19.9. The van der Waals surface area contributed by atoms with Gasteiger partial charge in [0, 0.05) is 26.9 Å². The van der Waals surface area contributed by atoms with E-state index in [4.69, 9.17) is 16.3 Å². The van der Waals surface area contributed by atoms with Crippen LogP contribution in [0.4, 0.5) is 11.4 Å². The van der Waals surface area contributed by atoms with Crippen LogP contribution in [0, 0.1) is 0 Å². The second-order valence-electron chi connectivity index (χ2n) is 8.71. The number of rotatable bonds is 11. The minimum Gasteiger partial charge on any atom is -0.494 e. The topological polar surface area (TPSA) is 96.5 Å². The molecule has 9 heteroatoms. The van der Waals surface area contributed by atoms with Gasteiger partial charge in [0.1, 0.15) is 11.4 Å². The smallest absolute Gasteiger partial charge is 0.272 e. The van der Waals surface area contributed by atoms with Gasteiger partial charge in [-0.25, -0.2) is 0 Å². The van der Waals surface area contributed by atoms with E-state index in [1.165, 1.54) is 11.8 Å². The molecular weight excluding hydrogens is 558 g/mol. The first-order valence-corrected chi connectivity index (χ1v) is 14.2. The lowest BCUT2D eigenvalue weighted by Gasteiger charge is -2.12. The highest BCUT2D eigenvalue weighted by molar-refractivity contribution is 8.00. The predicted octanol–water partition coefficient (Wildman–Crippen LogP) is 6.88. The summed E-state index contributed by atoms with van der Waals surface area (Å²) in [5.74, 6) is -0.174. The van der Waals surface area contributed by atoms with Gasteiger partial charge in [-0.2, -0.15) is 0 Å². The van der Waals surface area contributed by atoms with E-state index >= 15 is 0 Å². The normalized spacial score (nSPS) is 10.9. The van der Waals surface area contributed by atoms with E-state index in [1.54, 1.807) is 103 Å². The van der Waals surface area contributed by atoms with Gasteiger partial charge in [0.25, 0.3) is 11.8 Å². The van der Waals surface area contributed by atoms with Crippen molar-refractivity contribution >= 4 is 58.5 Å². The summed E-state index contributed by atoms with van der Waals surface area (Å²) in [6.45, 7) is 2.48. The highest BCUT2D eigenvalue weighted by Gasteiger charge is 2.15. The van der Waals surface area contributed by atoms with Crippen molar-refractivity contribution in [1.29, 1.82) is 0 Å². The van der Waals surface area contributed by atoms with Gasteiger partial charge in [-0.1, -0.05) is 48.0 Å². The number of thioether (sulfide) groups is 1. The Morgan fingerprint density at radius 2 is 1.59 bits per heavy atom. The van der Waals surface area contributed by atoms with Crippen LogP contribution in [0.5, 0.6) is 5.75 Å². The van der Waals surface area contributed by atoms with Gasteiger partial charge in [0.2, 0.25) is 5.91 Å². The van der Waals surface area contributed by atoms with Crippen LogP contribution in [-0.2, 0) is 9.59 Å². The number of benzene rings is 4. The lowest BCUT2D eigenvalue weighted by molar-refractivity contribution is -0.114. The zero-order valence-electron chi connectivity index (χ0n) is 22.2. The minimum atomic E-state index is -0.510. The fourth-order valence-electron chi connectivity index (χ4n) is 3.71. The van der Waals surface area contributed by atoms with Gasteiger partial charge in [-0.05, 0) is 85.3 Å². The molecule has 0 spiro atoms. The van der Waals surface area contributed by atoms with Crippen molar-refractivity contribution in [3.05, 3.63) is 125 Å². The van der Waals surface area contributed by atoms with Crippen molar-refractivity contribution in [2.75, 3.05) is 23.0 Å². The third-order valence-electron chi connectivity index (χ3n) is 5.60. The average molecular weight is 586 g/mol. The average Bonchev–Trinajstić information content (AvgIpc) is 2.97. The van der Waals surface area contributed by atoms with Crippen molar-refractivity contribution in [2.24, 2.45) is 0 Å². The van der Waals surface area contributed by atoms with Crippen LogP contribution in [-0.4, -0.2) is 30.1 Å². The van der Waals surface area contributed by atoms with Crippen molar-refractivity contribution in [2.45, 2.75) is 11.8 Å². The van der Waals surface area contributed by atoms with Crippen LogP contribution in [0.2, 0.25) is 5.02 Å². The molecule has 0 fully saturated rings. The number of hydrogen-bond acceptors (Lipinski definition) is 5. The third-order valence-corrected chi connectivity index (χ3v) is 6.83. The van der Waals surface area contributed by atoms with Crippen LogP contribution >= 0.6 is 23.4 Å². The number of halogens is 1. The molecule has 4 aromatic carbocycles. The lowest BCUT2D eigenvalue weighted by Crippen LogP contribution is -2.30. The van der Waals surface area contributed by atoms with Crippen LogP contribution in [0.3, 0.4) is 0 Å². The van der Waals surface area contributed by atoms with Crippen LogP contribution < -0.4 is 20.7 Å². The molecule has 3 amide bonds. The zero-order valence-corrected chi connectivity index (χ0v) is 23.8. The molecule has 0 aliphatic carbocycles. The molecule has 4 rings (SSSR count). The number of anilines is 2. The molecule has 0 bridgehead atoms. The van der Waals surface area contributed by atoms with Crippen molar-refractivity contribution in [3.8, 4) is 5.75 Å². The number of carbonyl (C=O) groups is 3. The number of amides is 3. The minimum absolute atomic E-state index is 0.0499. The maximum atomic E-state index is 13.3. The summed E-state index contributed by atoms with van der Waals surface area (Å²) >= 11 is 7.45. The van der Waals surface area contributed by atoms with Gasteiger partial charge in [-0.3, -0.25) is 14.4 Å². The first-order valence-electron chi connectivity index (χ1n) is 12.8. The van der Waals surface area contributed by atoms with Crippen LogP contribution in [0.15, 0.2) is 114 Å². The molecule has 0 atom stereocenters. The second kappa shape index (κ2) is 14.7. The largest absolute Gasteiger partial charge is 0.494 e. The molecule has 0 aliphatic heterocycles. The van der Waals surface area contributed by atoms with E-state index in [1.807, 2.05) is 13.0 Å². The molecule has 4 aromatic rings. The standard InChI is InChI=1S/C32H28ClN3O4S/c1-2-40-27-16-14-25(15-17-27)34-30(37)21-41-28-13-7-12-26(20-28)35-32(39)29(19-22-8-6-11-24(33)18-22)36-31(38)23-9-4-3-5-10-23/h3-20H,2,21H2,1H3,(H,34,37)(H,35,39)(H,36,38)/b29-19-. The Bertz CT molecular complexity index is 1540. The number of nitrogens with one attached hydrogen (secondary N) is 3. The summed E-state index contributed by atoms with van der Waals surface area (Å²) in [7, 11) is 0. The summed E-state index contributed by atoms with van der Waals surface area (Å²) < 4.78 is 5.42. The summed E-state index contributed by atoms with van der Waals surface area (Å²) in [4.78, 5) is 39.4. The quantitative estimate of drug-likeness (QED) is 0.132. The fraction of sp³-hybridized carbons (Fsp3) is 0.0938. The van der Waals surface area contributed by atoms with Gasteiger partial charge >= 0.3 is 0 Å². The Balaban J connectivity index is 1.41. The summed E-state index contributed by atoms with van der Waals surface area (Å²) in [5.41, 5.74) is 2.31. The lowest BCUT2D eigenvalue weighted by atomic mass is 10.1. The molecule has 208 valence electrons. The number of ether oxygens (including phenoxy) is 1. The highest BCUT2D eigenvalue weighted by atomic mass is 35.5. The predicted molar refractivity (Wildman–Crippen MR) is 165 cm³/mol. The molecule has 3 N–H and O–H groups in total. The summed E-state index contributed by atoms with van der Waals surface area (Å²) in [5, 5.41) is 8.91. The molecule has 0 saturated carbocycles. The summed E-state index contributed by atoms with van der Waals surface area (Å²) in [6.07, 6.45) is 1.56. The molecule has 0 aromatic heterocycles. The number of carbonyl (C=O) groups excluding carboxylic acids is 3. The Labute approximate surface area is 248 Å². The third kappa shape index (κ3) is 9.27. The van der Waals surface area contributed by atoms with Crippen molar-refractivity contribution in [3.63, 3.8) is 0 Å².